The molecule has 1 aromatic carbocycles. The summed E-state index contributed by atoms with van der Waals surface area (Å²) in [5, 5.41) is 8.64. The zero-order valence-electron chi connectivity index (χ0n) is 6.86. The number of aliphatic hydroxyl groups is 1. The summed E-state index contributed by atoms with van der Waals surface area (Å²) >= 11 is 0. The summed E-state index contributed by atoms with van der Waals surface area (Å²) in [4.78, 5) is 10.2. The van der Waals surface area contributed by atoms with Gasteiger partial charge < -0.3 is 5.11 Å². The highest BCUT2D eigenvalue weighted by molar-refractivity contribution is 5.74. The van der Waals surface area contributed by atoms with E-state index in [2.05, 4.69) is 13.2 Å². The van der Waals surface area contributed by atoms with Crippen LogP contribution in [0.15, 0.2) is 37.4 Å². The maximum atomic E-state index is 10.2. The van der Waals surface area contributed by atoms with E-state index >= 15 is 0 Å². The van der Waals surface area contributed by atoms with Gasteiger partial charge in [0.2, 0.25) is 0 Å². The van der Waals surface area contributed by atoms with Gasteiger partial charge in [0.1, 0.15) is 6.29 Å². The van der Waals surface area contributed by atoms with E-state index < -0.39 is 0 Å². The van der Waals surface area contributed by atoms with Crippen molar-refractivity contribution in [1.82, 2.24) is 0 Å². The predicted molar refractivity (Wildman–Crippen MR) is 49.0 cm³/mol. The second-order valence-corrected chi connectivity index (χ2v) is 2.02. The van der Waals surface area contributed by atoms with Crippen LogP contribution in [0.25, 0.3) is 0 Å². The van der Waals surface area contributed by atoms with Crippen molar-refractivity contribution in [2.45, 2.75) is 6.61 Å². The van der Waals surface area contributed by atoms with Gasteiger partial charge in [0.15, 0.2) is 0 Å². The number of hydrogen-bond donors (Lipinski definition) is 1. The first-order chi connectivity index (χ1) is 5.86. The average molecular weight is 164 g/mol. The second kappa shape index (κ2) is 6.31. The highest BCUT2D eigenvalue weighted by Gasteiger charge is 1.90. The van der Waals surface area contributed by atoms with E-state index in [1.165, 1.54) is 0 Å². The highest BCUT2D eigenvalue weighted by atomic mass is 16.3. The third-order valence-electron chi connectivity index (χ3n) is 1.27. The predicted octanol–water partition coefficient (Wildman–Crippen LogP) is 1.79. The molecule has 0 aromatic heterocycles. The summed E-state index contributed by atoms with van der Waals surface area (Å²) in [6, 6.07) is 6.88. The molecule has 0 radical (unpaired) electrons. The molecule has 0 spiro atoms. The van der Waals surface area contributed by atoms with Crippen molar-refractivity contribution < 1.29 is 9.90 Å². The number of aliphatic hydroxyl groups excluding tert-OH is 1. The van der Waals surface area contributed by atoms with Crippen molar-refractivity contribution in [2.24, 2.45) is 0 Å². The second-order valence-electron chi connectivity index (χ2n) is 2.02. The third kappa shape index (κ3) is 3.12. The molecule has 0 amide bonds. The first-order valence-electron chi connectivity index (χ1n) is 3.52. The Morgan fingerprint density at radius 1 is 1.42 bits per heavy atom. The summed E-state index contributed by atoms with van der Waals surface area (Å²) < 4.78 is 0. The normalized spacial score (nSPS) is 8.08. The van der Waals surface area contributed by atoms with Crippen LogP contribution in [0.3, 0.4) is 0 Å². The van der Waals surface area contributed by atoms with Crippen LogP contribution < -0.4 is 0 Å². The molecular weight excluding hydrogens is 152 g/mol. The Morgan fingerprint density at radius 3 is 2.58 bits per heavy atom. The molecule has 0 saturated heterocycles. The van der Waals surface area contributed by atoms with E-state index in [1.54, 1.807) is 24.3 Å². The minimum Gasteiger partial charge on any atom is -0.392 e. The number of hydrogen-bond acceptors (Lipinski definition) is 2. The van der Waals surface area contributed by atoms with Crippen molar-refractivity contribution in [1.29, 1.82) is 0 Å². The van der Waals surface area contributed by atoms with E-state index in [0.29, 0.717) is 5.56 Å². The highest BCUT2D eigenvalue weighted by Crippen LogP contribution is 2.01. The Morgan fingerprint density at radius 2 is 2.08 bits per heavy atom. The van der Waals surface area contributed by atoms with Crippen LogP contribution in [-0.2, 0) is 6.61 Å². The van der Waals surface area contributed by atoms with E-state index in [-0.39, 0.29) is 6.61 Å². The van der Waals surface area contributed by atoms with Gasteiger partial charge >= 0.3 is 0 Å². The maximum Gasteiger partial charge on any atom is 0.150 e. The molecule has 0 saturated carbocycles. The van der Waals surface area contributed by atoms with Crippen molar-refractivity contribution in [3.63, 3.8) is 0 Å². The first-order valence-corrected chi connectivity index (χ1v) is 3.52. The molecule has 0 aliphatic carbocycles. The number of carbonyl (C=O) groups excluding carboxylic acids is 1. The van der Waals surface area contributed by atoms with Crippen molar-refractivity contribution in [3.8, 4) is 0 Å². The fourth-order valence-corrected chi connectivity index (χ4v) is 0.765. The summed E-state index contributed by atoms with van der Waals surface area (Å²) in [6.45, 7) is 5.99. The molecule has 12 heavy (non-hydrogen) atoms. The SMILES string of the molecule is C=C.O=Cc1cccc(CO)c1. The van der Waals surface area contributed by atoms with Crippen LogP contribution in [0.4, 0.5) is 0 Å². The maximum absolute atomic E-state index is 10.2. The molecule has 0 atom stereocenters. The summed E-state index contributed by atoms with van der Waals surface area (Å²) in [5.41, 5.74) is 1.37. The summed E-state index contributed by atoms with van der Waals surface area (Å²) in [6.07, 6.45) is 0.763. The van der Waals surface area contributed by atoms with Crippen LogP contribution in [0.2, 0.25) is 0 Å². The smallest absolute Gasteiger partial charge is 0.150 e. The van der Waals surface area contributed by atoms with Crippen molar-refractivity contribution in [3.05, 3.63) is 48.6 Å². The van der Waals surface area contributed by atoms with Gasteiger partial charge in [-0.2, -0.15) is 0 Å². The first kappa shape index (κ1) is 10.6. The molecule has 0 aliphatic rings. The molecule has 0 fully saturated rings. The Hall–Kier alpha value is -1.41. The zero-order chi connectivity index (χ0) is 9.40. The standard InChI is InChI=1S/C8H8O2.C2H4/c9-5-7-2-1-3-8(4-7)6-10;1-2/h1-5,10H,6H2;1-2H2. The van der Waals surface area contributed by atoms with E-state index in [1.807, 2.05) is 0 Å². The number of aldehydes is 1. The van der Waals surface area contributed by atoms with Gasteiger partial charge in [-0.15, -0.1) is 13.2 Å². The summed E-state index contributed by atoms with van der Waals surface area (Å²) in [7, 11) is 0. The lowest BCUT2D eigenvalue weighted by molar-refractivity contribution is 0.112. The molecule has 64 valence electrons. The molecule has 1 rings (SSSR count). The zero-order valence-corrected chi connectivity index (χ0v) is 6.86. The Kier molecular flexibility index (Phi) is 5.57. The van der Waals surface area contributed by atoms with E-state index in [9.17, 15) is 4.79 Å². The largest absolute Gasteiger partial charge is 0.392 e. The molecule has 0 aliphatic heterocycles. The molecule has 1 aromatic rings. The lowest BCUT2D eigenvalue weighted by atomic mass is 10.1. The molecule has 0 bridgehead atoms. The van der Waals surface area contributed by atoms with Gasteiger partial charge in [0.05, 0.1) is 6.61 Å². The molecule has 2 heteroatoms. The van der Waals surface area contributed by atoms with Gasteiger partial charge in [0, 0.05) is 5.56 Å². The number of carbonyl (C=O) groups is 1. The average Bonchev–Trinajstić information content (AvgIpc) is 2.21. The molecule has 1 N–H and O–H groups in total. The van der Waals surface area contributed by atoms with Crippen LogP contribution in [-0.4, -0.2) is 11.4 Å². The topological polar surface area (TPSA) is 37.3 Å². The van der Waals surface area contributed by atoms with Crippen LogP contribution >= 0.6 is 0 Å². The fraction of sp³-hybridized carbons (Fsp3) is 0.100. The van der Waals surface area contributed by atoms with Gasteiger partial charge in [-0.3, -0.25) is 4.79 Å². The van der Waals surface area contributed by atoms with Crippen molar-refractivity contribution >= 4 is 6.29 Å². The molecule has 2 nitrogen and oxygen atoms in total. The monoisotopic (exact) mass is 164 g/mol. The fourth-order valence-electron chi connectivity index (χ4n) is 0.765. The Labute approximate surface area is 72.2 Å². The van der Waals surface area contributed by atoms with Gasteiger partial charge in [-0.25, -0.2) is 0 Å². The molecule has 0 heterocycles. The van der Waals surface area contributed by atoms with Crippen molar-refractivity contribution in [2.75, 3.05) is 0 Å². The van der Waals surface area contributed by atoms with Crippen LogP contribution in [0.5, 0.6) is 0 Å². The van der Waals surface area contributed by atoms with Gasteiger partial charge in [0.25, 0.3) is 0 Å². The quantitative estimate of drug-likeness (QED) is 0.534. The Balaban J connectivity index is 0.000000561. The van der Waals surface area contributed by atoms with Gasteiger partial charge in [-0.1, -0.05) is 18.2 Å². The van der Waals surface area contributed by atoms with Gasteiger partial charge in [-0.05, 0) is 11.6 Å². The van der Waals surface area contributed by atoms with Crippen LogP contribution in [0, 0.1) is 0 Å². The number of rotatable bonds is 2. The Bertz CT molecular complexity index is 243. The molecule has 0 unspecified atom stereocenters. The third-order valence-corrected chi connectivity index (χ3v) is 1.27. The molecular formula is C10H12O2. The lowest BCUT2D eigenvalue weighted by Gasteiger charge is -1.94. The summed E-state index contributed by atoms with van der Waals surface area (Å²) in [5.74, 6) is 0. The number of benzene rings is 1. The lowest BCUT2D eigenvalue weighted by Crippen LogP contribution is -1.84. The minimum atomic E-state index is -0.0122. The van der Waals surface area contributed by atoms with Crippen LogP contribution in [0.1, 0.15) is 15.9 Å². The van der Waals surface area contributed by atoms with E-state index in [0.717, 1.165) is 11.8 Å². The van der Waals surface area contributed by atoms with E-state index in [4.69, 9.17) is 5.11 Å². The minimum absolute atomic E-state index is 0.0122.